The summed E-state index contributed by atoms with van der Waals surface area (Å²) in [5, 5.41) is 0. The molecule has 2 aliphatic rings. The van der Waals surface area contributed by atoms with E-state index in [2.05, 4.69) is 85.8 Å². The molecule has 2 aliphatic carbocycles. The van der Waals surface area contributed by atoms with E-state index < -0.39 is 0 Å². The van der Waals surface area contributed by atoms with E-state index in [0.717, 1.165) is 19.3 Å². The summed E-state index contributed by atoms with van der Waals surface area (Å²) in [6.45, 7) is 18.2. The first-order valence-corrected chi connectivity index (χ1v) is 9.41. The van der Waals surface area contributed by atoms with Gasteiger partial charge < -0.3 is 4.74 Å². The second-order valence-electron chi connectivity index (χ2n) is 9.68. The van der Waals surface area contributed by atoms with Crippen molar-refractivity contribution in [3.63, 3.8) is 0 Å². The summed E-state index contributed by atoms with van der Waals surface area (Å²) in [5.74, 6) is 0. The van der Waals surface area contributed by atoms with Crippen molar-refractivity contribution in [2.45, 2.75) is 86.4 Å². The minimum absolute atomic E-state index is 0.0858. The number of allylic oxidation sites excluding steroid dienone is 5. The normalized spacial score (nSPS) is 25.0. The standard InChI is InChI=1S/C23H36O/c1-17(2)24-23(16-18-11-9-10-12-18)14-13-19(21(3,4)5)15-20(23)22(6,7)8/h9,11-13,15,17H,10,14,16H2,1-8H3. The van der Waals surface area contributed by atoms with Crippen LogP contribution in [0.25, 0.3) is 0 Å². The number of hydrogen-bond donors (Lipinski definition) is 0. The van der Waals surface area contributed by atoms with Crippen LogP contribution in [0.15, 0.2) is 47.1 Å². The number of rotatable bonds is 4. The molecule has 134 valence electrons. The zero-order chi connectivity index (χ0) is 18.2. The average molecular weight is 329 g/mol. The summed E-state index contributed by atoms with van der Waals surface area (Å²) >= 11 is 0. The molecule has 0 bridgehead atoms. The first-order chi connectivity index (χ1) is 10.9. The summed E-state index contributed by atoms with van der Waals surface area (Å²) in [5.41, 5.74) is 4.33. The van der Waals surface area contributed by atoms with Gasteiger partial charge in [-0.25, -0.2) is 0 Å². The summed E-state index contributed by atoms with van der Waals surface area (Å²) in [6, 6.07) is 0. The lowest BCUT2D eigenvalue weighted by Crippen LogP contribution is -2.43. The third kappa shape index (κ3) is 4.30. The molecule has 0 spiro atoms. The third-order valence-corrected chi connectivity index (χ3v) is 4.92. The summed E-state index contributed by atoms with van der Waals surface area (Å²) in [6.07, 6.45) is 14.9. The molecule has 0 fully saturated rings. The van der Waals surface area contributed by atoms with E-state index >= 15 is 0 Å². The van der Waals surface area contributed by atoms with Crippen LogP contribution in [0.5, 0.6) is 0 Å². The molecular formula is C23H36O. The van der Waals surface area contributed by atoms with Crippen molar-refractivity contribution in [1.82, 2.24) is 0 Å². The Morgan fingerprint density at radius 1 is 1.04 bits per heavy atom. The number of hydrogen-bond acceptors (Lipinski definition) is 1. The molecule has 0 saturated carbocycles. The van der Waals surface area contributed by atoms with Crippen LogP contribution in [-0.4, -0.2) is 11.7 Å². The van der Waals surface area contributed by atoms with E-state index in [-0.39, 0.29) is 22.5 Å². The van der Waals surface area contributed by atoms with Crippen molar-refractivity contribution in [3.05, 3.63) is 47.1 Å². The van der Waals surface area contributed by atoms with Crippen molar-refractivity contribution < 1.29 is 4.74 Å². The molecular weight excluding hydrogens is 292 g/mol. The van der Waals surface area contributed by atoms with Crippen molar-refractivity contribution in [2.24, 2.45) is 10.8 Å². The highest BCUT2D eigenvalue weighted by atomic mass is 16.5. The van der Waals surface area contributed by atoms with Crippen molar-refractivity contribution in [1.29, 1.82) is 0 Å². The predicted octanol–water partition coefficient (Wildman–Crippen LogP) is 6.78. The molecule has 0 aromatic carbocycles. The van der Waals surface area contributed by atoms with E-state index in [1.165, 1.54) is 16.7 Å². The fourth-order valence-electron chi connectivity index (χ4n) is 3.89. The molecule has 0 aromatic heterocycles. The van der Waals surface area contributed by atoms with Gasteiger partial charge in [-0.2, -0.15) is 0 Å². The average Bonchev–Trinajstić information content (AvgIpc) is 2.88. The monoisotopic (exact) mass is 328 g/mol. The highest BCUT2D eigenvalue weighted by Crippen LogP contribution is 2.48. The van der Waals surface area contributed by atoms with Crippen LogP contribution in [0.2, 0.25) is 0 Å². The van der Waals surface area contributed by atoms with Gasteiger partial charge in [0.15, 0.2) is 0 Å². The lowest BCUT2D eigenvalue weighted by molar-refractivity contribution is -0.0630. The fourth-order valence-corrected chi connectivity index (χ4v) is 3.89. The molecule has 2 rings (SSSR count). The van der Waals surface area contributed by atoms with Gasteiger partial charge in [-0.05, 0) is 54.2 Å². The molecule has 0 aromatic rings. The van der Waals surface area contributed by atoms with Gasteiger partial charge in [-0.1, -0.05) is 71.9 Å². The first-order valence-electron chi connectivity index (χ1n) is 9.41. The topological polar surface area (TPSA) is 9.23 Å². The molecule has 0 aliphatic heterocycles. The second kappa shape index (κ2) is 6.67. The van der Waals surface area contributed by atoms with Crippen molar-refractivity contribution in [3.8, 4) is 0 Å². The van der Waals surface area contributed by atoms with Crippen LogP contribution in [0.1, 0.15) is 74.7 Å². The lowest BCUT2D eigenvalue weighted by atomic mass is 9.66. The maximum absolute atomic E-state index is 6.65. The van der Waals surface area contributed by atoms with Gasteiger partial charge in [0.25, 0.3) is 0 Å². The third-order valence-electron chi connectivity index (χ3n) is 4.92. The Bertz CT molecular complexity index is 585. The zero-order valence-corrected chi connectivity index (χ0v) is 17.0. The van der Waals surface area contributed by atoms with Crippen LogP contribution >= 0.6 is 0 Å². The Labute approximate surface area is 149 Å². The van der Waals surface area contributed by atoms with Crippen molar-refractivity contribution >= 4 is 0 Å². The van der Waals surface area contributed by atoms with E-state index in [4.69, 9.17) is 4.74 Å². The van der Waals surface area contributed by atoms with Crippen LogP contribution in [0.4, 0.5) is 0 Å². The van der Waals surface area contributed by atoms with Gasteiger partial charge >= 0.3 is 0 Å². The Balaban J connectivity index is 2.50. The first kappa shape index (κ1) is 19.2. The van der Waals surface area contributed by atoms with Gasteiger partial charge in [-0.3, -0.25) is 0 Å². The molecule has 1 nitrogen and oxygen atoms in total. The molecule has 0 radical (unpaired) electrons. The molecule has 1 unspecified atom stereocenters. The Morgan fingerprint density at radius 2 is 1.71 bits per heavy atom. The van der Waals surface area contributed by atoms with Gasteiger partial charge in [-0.15, -0.1) is 0 Å². The largest absolute Gasteiger partial charge is 0.367 e. The summed E-state index contributed by atoms with van der Waals surface area (Å²) in [7, 11) is 0. The molecule has 0 N–H and O–H groups in total. The van der Waals surface area contributed by atoms with Gasteiger partial charge in [0.2, 0.25) is 0 Å². The van der Waals surface area contributed by atoms with E-state index in [9.17, 15) is 0 Å². The molecule has 1 heteroatoms. The SMILES string of the molecule is CC(C)OC1(CC2=CCC=C2)CC=C(C(C)(C)C)C=C1C(C)(C)C. The van der Waals surface area contributed by atoms with Crippen molar-refractivity contribution in [2.75, 3.05) is 0 Å². The Hall–Kier alpha value is -1.08. The van der Waals surface area contributed by atoms with Gasteiger partial charge in [0.1, 0.15) is 0 Å². The van der Waals surface area contributed by atoms with Crippen LogP contribution in [0.3, 0.4) is 0 Å². The highest BCUT2D eigenvalue weighted by molar-refractivity contribution is 5.43. The maximum atomic E-state index is 6.65. The molecule has 0 amide bonds. The van der Waals surface area contributed by atoms with E-state index in [0.29, 0.717) is 0 Å². The second-order valence-corrected chi connectivity index (χ2v) is 9.68. The van der Waals surface area contributed by atoms with Crippen LogP contribution in [0, 0.1) is 10.8 Å². The zero-order valence-electron chi connectivity index (χ0n) is 17.0. The molecule has 1 atom stereocenters. The highest BCUT2D eigenvalue weighted by Gasteiger charge is 2.43. The molecule has 24 heavy (non-hydrogen) atoms. The minimum atomic E-state index is -0.221. The van der Waals surface area contributed by atoms with E-state index in [1.54, 1.807) is 0 Å². The Kier molecular flexibility index (Phi) is 5.35. The fraction of sp³-hybridized carbons (Fsp3) is 0.652. The van der Waals surface area contributed by atoms with Gasteiger partial charge in [0.05, 0.1) is 11.7 Å². The van der Waals surface area contributed by atoms with E-state index in [1.807, 2.05) is 0 Å². The Morgan fingerprint density at radius 3 is 2.17 bits per heavy atom. The van der Waals surface area contributed by atoms with Gasteiger partial charge in [0, 0.05) is 6.42 Å². The molecule has 0 heterocycles. The van der Waals surface area contributed by atoms with Crippen LogP contribution in [-0.2, 0) is 4.74 Å². The number of ether oxygens (including phenoxy) is 1. The minimum Gasteiger partial charge on any atom is -0.367 e. The lowest BCUT2D eigenvalue weighted by Gasteiger charge is -2.46. The summed E-state index contributed by atoms with van der Waals surface area (Å²) in [4.78, 5) is 0. The molecule has 0 saturated heterocycles. The smallest absolute Gasteiger partial charge is 0.0977 e. The predicted molar refractivity (Wildman–Crippen MR) is 105 cm³/mol. The maximum Gasteiger partial charge on any atom is 0.0977 e. The van der Waals surface area contributed by atoms with Crippen LogP contribution < -0.4 is 0 Å². The quantitative estimate of drug-likeness (QED) is 0.553. The summed E-state index contributed by atoms with van der Waals surface area (Å²) < 4.78 is 6.65.